The molecule has 0 aliphatic rings. The number of rotatable bonds is 4. The van der Waals surface area contributed by atoms with Crippen LogP contribution in [0.5, 0.6) is 0 Å². The SMILES string of the molecule is CC(C)(C)C(CCCl)Nc1ccccc1C(F)(F)F. The van der Waals surface area contributed by atoms with Crippen molar-refractivity contribution in [3.05, 3.63) is 29.8 Å². The Morgan fingerprint density at radius 1 is 1.16 bits per heavy atom. The highest BCUT2D eigenvalue weighted by atomic mass is 35.5. The molecule has 5 heteroatoms. The molecule has 1 aromatic rings. The van der Waals surface area contributed by atoms with Crippen molar-refractivity contribution >= 4 is 17.3 Å². The van der Waals surface area contributed by atoms with Gasteiger partial charge in [-0.15, -0.1) is 11.6 Å². The molecule has 0 aliphatic heterocycles. The highest BCUT2D eigenvalue weighted by molar-refractivity contribution is 6.17. The average molecular weight is 294 g/mol. The third-order valence-electron chi connectivity index (χ3n) is 3.01. The molecule has 0 amide bonds. The van der Waals surface area contributed by atoms with Crippen LogP contribution >= 0.6 is 11.6 Å². The maximum absolute atomic E-state index is 12.9. The number of anilines is 1. The smallest absolute Gasteiger partial charge is 0.381 e. The highest BCUT2D eigenvalue weighted by Crippen LogP contribution is 2.36. The maximum Gasteiger partial charge on any atom is 0.418 e. The summed E-state index contributed by atoms with van der Waals surface area (Å²) in [5.41, 5.74) is -0.702. The molecule has 0 saturated heterocycles. The van der Waals surface area contributed by atoms with E-state index < -0.39 is 11.7 Å². The van der Waals surface area contributed by atoms with Crippen LogP contribution in [0, 0.1) is 5.41 Å². The van der Waals surface area contributed by atoms with Crippen molar-refractivity contribution in [1.29, 1.82) is 0 Å². The van der Waals surface area contributed by atoms with Gasteiger partial charge in [-0.2, -0.15) is 13.2 Å². The quantitative estimate of drug-likeness (QED) is 0.756. The van der Waals surface area contributed by atoms with Gasteiger partial charge in [0, 0.05) is 17.6 Å². The minimum Gasteiger partial charge on any atom is -0.381 e. The van der Waals surface area contributed by atoms with Gasteiger partial charge < -0.3 is 5.32 Å². The molecule has 0 aromatic heterocycles. The Balaban J connectivity index is 3.04. The van der Waals surface area contributed by atoms with E-state index in [0.29, 0.717) is 12.3 Å². The molecule has 1 unspecified atom stereocenters. The summed E-state index contributed by atoms with van der Waals surface area (Å²) < 4.78 is 38.7. The summed E-state index contributed by atoms with van der Waals surface area (Å²) in [4.78, 5) is 0. The van der Waals surface area contributed by atoms with E-state index in [-0.39, 0.29) is 17.1 Å². The fraction of sp³-hybridized carbons (Fsp3) is 0.571. The Hall–Kier alpha value is -0.900. The molecular formula is C14H19ClF3N. The second kappa shape index (κ2) is 6.04. The molecule has 1 nitrogen and oxygen atoms in total. The standard InChI is InChI=1S/C14H19ClF3N/c1-13(2,3)12(8-9-15)19-11-7-5-4-6-10(11)14(16,17)18/h4-7,12,19H,8-9H2,1-3H3. The van der Waals surface area contributed by atoms with Crippen LogP contribution in [-0.4, -0.2) is 11.9 Å². The number of hydrogen-bond donors (Lipinski definition) is 1. The molecule has 0 saturated carbocycles. The van der Waals surface area contributed by atoms with E-state index in [1.54, 1.807) is 6.07 Å². The van der Waals surface area contributed by atoms with Crippen LogP contribution in [0.25, 0.3) is 0 Å². The molecule has 0 spiro atoms. The predicted octanol–water partition coefficient (Wildman–Crippen LogP) is 5.16. The van der Waals surface area contributed by atoms with Gasteiger partial charge in [-0.1, -0.05) is 32.9 Å². The molecule has 19 heavy (non-hydrogen) atoms. The van der Waals surface area contributed by atoms with Crippen LogP contribution in [0.2, 0.25) is 0 Å². The van der Waals surface area contributed by atoms with Gasteiger partial charge in [0.1, 0.15) is 0 Å². The number of benzene rings is 1. The summed E-state index contributed by atoms with van der Waals surface area (Å²) in [7, 11) is 0. The van der Waals surface area contributed by atoms with Gasteiger partial charge in [-0.05, 0) is 24.0 Å². The topological polar surface area (TPSA) is 12.0 Å². The lowest BCUT2D eigenvalue weighted by molar-refractivity contribution is -0.137. The van der Waals surface area contributed by atoms with Crippen LogP contribution < -0.4 is 5.32 Å². The number of nitrogens with one attached hydrogen (secondary N) is 1. The van der Waals surface area contributed by atoms with Crippen LogP contribution in [0.4, 0.5) is 18.9 Å². The Labute approximate surface area is 117 Å². The summed E-state index contributed by atoms with van der Waals surface area (Å²) >= 11 is 5.74. The Morgan fingerprint density at radius 3 is 2.21 bits per heavy atom. The fourth-order valence-corrected chi connectivity index (χ4v) is 2.09. The van der Waals surface area contributed by atoms with Crippen molar-refractivity contribution in [1.82, 2.24) is 0 Å². The van der Waals surface area contributed by atoms with E-state index in [1.807, 2.05) is 20.8 Å². The lowest BCUT2D eigenvalue weighted by Gasteiger charge is -2.33. The normalized spacial score (nSPS) is 14.3. The third-order valence-corrected chi connectivity index (χ3v) is 3.22. The Morgan fingerprint density at radius 2 is 1.74 bits per heavy atom. The van der Waals surface area contributed by atoms with Crippen LogP contribution in [0.3, 0.4) is 0 Å². The van der Waals surface area contributed by atoms with E-state index in [0.717, 1.165) is 6.07 Å². The highest BCUT2D eigenvalue weighted by Gasteiger charge is 2.34. The van der Waals surface area contributed by atoms with E-state index in [2.05, 4.69) is 5.32 Å². The molecule has 0 aliphatic carbocycles. The lowest BCUT2D eigenvalue weighted by Crippen LogP contribution is -2.35. The molecule has 0 bridgehead atoms. The zero-order valence-corrected chi connectivity index (χ0v) is 12.1. The molecule has 0 heterocycles. The van der Waals surface area contributed by atoms with Crippen molar-refractivity contribution in [3.8, 4) is 0 Å². The van der Waals surface area contributed by atoms with Gasteiger partial charge in [-0.3, -0.25) is 0 Å². The monoisotopic (exact) mass is 293 g/mol. The largest absolute Gasteiger partial charge is 0.418 e. The second-order valence-electron chi connectivity index (χ2n) is 5.58. The Kier molecular flexibility index (Phi) is 5.13. The number of halogens is 4. The van der Waals surface area contributed by atoms with Gasteiger partial charge in [-0.25, -0.2) is 0 Å². The summed E-state index contributed by atoms with van der Waals surface area (Å²) in [6.07, 6.45) is -3.75. The van der Waals surface area contributed by atoms with Gasteiger partial charge in [0.2, 0.25) is 0 Å². The molecule has 108 valence electrons. The van der Waals surface area contributed by atoms with E-state index in [1.165, 1.54) is 12.1 Å². The third kappa shape index (κ3) is 4.60. The molecule has 0 radical (unpaired) electrons. The molecule has 0 fully saturated rings. The Bertz CT molecular complexity index is 410. The van der Waals surface area contributed by atoms with Crippen LogP contribution in [0.15, 0.2) is 24.3 Å². The molecule has 1 aromatic carbocycles. The molecule has 1 N–H and O–H groups in total. The summed E-state index contributed by atoms with van der Waals surface area (Å²) in [6.45, 7) is 5.94. The second-order valence-corrected chi connectivity index (χ2v) is 5.96. The van der Waals surface area contributed by atoms with Gasteiger partial charge in [0.15, 0.2) is 0 Å². The van der Waals surface area contributed by atoms with Gasteiger partial charge in [0.25, 0.3) is 0 Å². The van der Waals surface area contributed by atoms with Crippen molar-refractivity contribution in [3.63, 3.8) is 0 Å². The van der Waals surface area contributed by atoms with Crippen molar-refractivity contribution in [2.75, 3.05) is 11.2 Å². The number of hydrogen-bond acceptors (Lipinski definition) is 1. The predicted molar refractivity (Wildman–Crippen MR) is 73.6 cm³/mol. The number of para-hydroxylation sites is 1. The first-order valence-electron chi connectivity index (χ1n) is 6.15. The minimum atomic E-state index is -4.35. The summed E-state index contributed by atoms with van der Waals surface area (Å²) in [5, 5.41) is 2.99. The molecule has 1 rings (SSSR count). The van der Waals surface area contributed by atoms with E-state index in [9.17, 15) is 13.2 Å². The zero-order valence-electron chi connectivity index (χ0n) is 11.3. The first-order chi connectivity index (χ1) is 8.66. The average Bonchev–Trinajstić information content (AvgIpc) is 2.26. The van der Waals surface area contributed by atoms with Crippen molar-refractivity contribution in [2.24, 2.45) is 5.41 Å². The van der Waals surface area contributed by atoms with E-state index >= 15 is 0 Å². The first-order valence-corrected chi connectivity index (χ1v) is 6.68. The minimum absolute atomic E-state index is 0.111. The van der Waals surface area contributed by atoms with Crippen LogP contribution in [0.1, 0.15) is 32.8 Å². The summed E-state index contributed by atoms with van der Waals surface area (Å²) in [5.74, 6) is 0.406. The van der Waals surface area contributed by atoms with Gasteiger partial charge >= 0.3 is 6.18 Å². The van der Waals surface area contributed by atoms with Crippen LogP contribution in [-0.2, 0) is 6.18 Å². The molecular weight excluding hydrogens is 275 g/mol. The van der Waals surface area contributed by atoms with Gasteiger partial charge in [0.05, 0.1) is 5.56 Å². The number of alkyl halides is 4. The zero-order chi connectivity index (χ0) is 14.7. The lowest BCUT2D eigenvalue weighted by atomic mass is 9.85. The summed E-state index contributed by atoms with van der Waals surface area (Å²) in [6, 6.07) is 5.41. The fourth-order valence-electron chi connectivity index (χ4n) is 1.87. The maximum atomic E-state index is 12.9. The molecule has 1 atom stereocenters. The first kappa shape index (κ1) is 16.2. The van der Waals surface area contributed by atoms with Crippen molar-refractivity contribution in [2.45, 2.75) is 39.4 Å². The van der Waals surface area contributed by atoms with E-state index in [4.69, 9.17) is 11.6 Å². The van der Waals surface area contributed by atoms with Crippen molar-refractivity contribution < 1.29 is 13.2 Å².